The highest BCUT2D eigenvalue weighted by Gasteiger charge is 2.02. The topological polar surface area (TPSA) is 50.3 Å². The summed E-state index contributed by atoms with van der Waals surface area (Å²) in [5.41, 5.74) is 2.07. The average molecular weight is 401 g/mol. The molecule has 0 aliphatic carbocycles. The van der Waals surface area contributed by atoms with E-state index in [1.807, 2.05) is 44.4 Å². The Kier molecular flexibility index (Phi) is 5.83. The van der Waals surface area contributed by atoms with Crippen LogP contribution in [0.25, 0.3) is 10.9 Å². The van der Waals surface area contributed by atoms with Gasteiger partial charge in [-0.15, -0.1) is 0 Å². The van der Waals surface area contributed by atoms with Crippen molar-refractivity contribution in [2.75, 3.05) is 32.6 Å². The molecule has 0 saturated carbocycles. The van der Waals surface area contributed by atoms with Gasteiger partial charge in [-0.1, -0.05) is 15.9 Å². The highest BCUT2D eigenvalue weighted by molar-refractivity contribution is 9.10. The number of nitrogens with one attached hydrogen (secondary N) is 1. The molecular formula is C19H21BrN4O. The van der Waals surface area contributed by atoms with Gasteiger partial charge in [-0.3, -0.25) is 0 Å². The molecule has 3 rings (SSSR count). The molecule has 0 atom stereocenters. The second-order valence-electron chi connectivity index (χ2n) is 6.04. The van der Waals surface area contributed by atoms with Gasteiger partial charge in [0.2, 0.25) is 5.88 Å². The van der Waals surface area contributed by atoms with Gasteiger partial charge in [-0.05, 0) is 56.1 Å². The third kappa shape index (κ3) is 5.14. The number of ether oxygens (including phenoxy) is 1. The molecule has 0 bridgehead atoms. The molecule has 0 amide bonds. The molecular weight excluding hydrogens is 380 g/mol. The normalized spacial score (nSPS) is 11.0. The van der Waals surface area contributed by atoms with Gasteiger partial charge in [-0.25, -0.2) is 9.97 Å². The van der Waals surface area contributed by atoms with E-state index in [1.54, 1.807) is 6.20 Å². The summed E-state index contributed by atoms with van der Waals surface area (Å²) < 4.78 is 6.73. The smallest absolute Gasteiger partial charge is 0.213 e. The van der Waals surface area contributed by atoms with Crippen molar-refractivity contribution in [1.29, 1.82) is 0 Å². The van der Waals surface area contributed by atoms with Crippen LogP contribution in [-0.4, -0.2) is 42.1 Å². The molecule has 130 valence electrons. The molecule has 0 radical (unpaired) electrons. The Bertz CT molecular complexity index is 854. The summed E-state index contributed by atoms with van der Waals surface area (Å²) in [6, 6.07) is 14.1. The molecule has 2 aromatic heterocycles. The first kappa shape index (κ1) is 17.6. The van der Waals surface area contributed by atoms with E-state index in [2.05, 4.69) is 48.2 Å². The van der Waals surface area contributed by atoms with Crippen LogP contribution < -0.4 is 10.1 Å². The summed E-state index contributed by atoms with van der Waals surface area (Å²) in [5, 5.41) is 4.47. The van der Waals surface area contributed by atoms with E-state index in [1.165, 1.54) is 0 Å². The fourth-order valence-electron chi connectivity index (χ4n) is 2.36. The first-order chi connectivity index (χ1) is 12.1. The van der Waals surface area contributed by atoms with Crippen molar-refractivity contribution in [2.24, 2.45) is 0 Å². The van der Waals surface area contributed by atoms with Crippen LogP contribution >= 0.6 is 15.9 Å². The molecule has 1 aromatic carbocycles. The molecule has 0 fully saturated rings. The lowest BCUT2D eigenvalue weighted by Gasteiger charge is -2.11. The van der Waals surface area contributed by atoms with E-state index < -0.39 is 0 Å². The van der Waals surface area contributed by atoms with Crippen molar-refractivity contribution in [3.8, 4) is 5.88 Å². The molecule has 5 nitrogen and oxygen atoms in total. The van der Waals surface area contributed by atoms with Crippen LogP contribution in [0.1, 0.15) is 5.56 Å². The average Bonchev–Trinajstić information content (AvgIpc) is 2.60. The number of halogens is 1. The van der Waals surface area contributed by atoms with E-state index in [0.29, 0.717) is 19.0 Å². The molecule has 2 heterocycles. The molecule has 0 spiro atoms. The van der Waals surface area contributed by atoms with Crippen LogP contribution in [0.5, 0.6) is 5.88 Å². The number of hydrogen-bond donors (Lipinski definition) is 1. The predicted molar refractivity (Wildman–Crippen MR) is 105 cm³/mol. The zero-order valence-corrected chi connectivity index (χ0v) is 16.0. The van der Waals surface area contributed by atoms with Crippen molar-refractivity contribution in [3.05, 3.63) is 58.7 Å². The summed E-state index contributed by atoms with van der Waals surface area (Å²) in [6.45, 7) is 2.15. The lowest BCUT2D eigenvalue weighted by atomic mass is 10.2. The lowest BCUT2D eigenvalue weighted by Crippen LogP contribution is -2.19. The maximum atomic E-state index is 5.68. The zero-order chi connectivity index (χ0) is 17.6. The van der Waals surface area contributed by atoms with Crippen LogP contribution in [0.3, 0.4) is 0 Å². The quantitative estimate of drug-likeness (QED) is 0.650. The number of fused-ring (bicyclic) bond motifs is 1. The van der Waals surface area contributed by atoms with Crippen molar-refractivity contribution in [3.63, 3.8) is 0 Å². The van der Waals surface area contributed by atoms with E-state index >= 15 is 0 Å². The number of likely N-dealkylation sites (N-methyl/N-ethyl adjacent to an activating group) is 1. The largest absolute Gasteiger partial charge is 0.476 e. The van der Waals surface area contributed by atoms with Gasteiger partial charge in [-0.2, -0.15) is 0 Å². The van der Waals surface area contributed by atoms with Gasteiger partial charge in [0.25, 0.3) is 0 Å². The summed E-state index contributed by atoms with van der Waals surface area (Å²) >= 11 is 3.48. The maximum Gasteiger partial charge on any atom is 0.213 e. The molecule has 0 saturated heterocycles. The maximum absolute atomic E-state index is 5.68. The first-order valence-electron chi connectivity index (χ1n) is 8.13. The zero-order valence-electron chi connectivity index (χ0n) is 14.4. The molecule has 1 N–H and O–H groups in total. The first-order valence-corrected chi connectivity index (χ1v) is 8.92. The minimum absolute atomic E-state index is 0.624. The van der Waals surface area contributed by atoms with Crippen molar-refractivity contribution in [1.82, 2.24) is 14.9 Å². The summed E-state index contributed by atoms with van der Waals surface area (Å²) in [7, 11) is 4.04. The van der Waals surface area contributed by atoms with Crippen LogP contribution in [0.2, 0.25) is 0 Å². The highest BCUT2D eigenvalue weighted by Crippen LogP contribution is 2.20. The highest BCUT2D eigenvalue weighted by atomic mass is 79.9. The number of benzene rings is 1. The Morgan fingerprint density at radius 2 is 2.00 bits per heavy atom. The fraction of sp³-hybridized carbons (Fsp3) is 0.263. The van der Waals surface area contributed by atoms with Crippen LogP contribution in [0, 0.1) is 0 Å². The molecule has 0 aliphatic rings. The Labute approximate surface area is 156 Å². The number of aromatic nitrogens is 2. The molecule has 0 aliphatic heterocycles. The Morgan fingerprint density at radius 1 is 1.12 bits per heavy atom. The van der Waals surface area contributed by atoms with Gasteiger partial charge in [0.1, 0.15) is 12.4 Å². The van der Waals surface area contributed by atoms with Crippen molar-refractivity contribution in [2.45, 2.75) is 6.54 Å². The molecule has 0 unspecified atom stereocenters. The van der Waals surface area contributed by atoms with Crippen LogP contribution in [0.4, 0.5) is 5.82 Å². The van der Waals surface area contributed by atoms with Crippen molar-refractivity contribution < 1.29 is 4.74 Å². The number of anilines is 1. The van der Waals surface area contributed by atoms with Gasteiger partial charge in [0.05, 0.1) is 5.52 Å². The number of pyridine rings is 2. The monoisotopic (exact) mass is 400 g/mol. The van der Waals surface area contributed by atoms with E-state index in [-0.39, 0.29) is 0 Å². The minimum atomic E-state index is 0.624. The van der Waals surface area contributed by atoms with E-state index in [0.717, 1.165) is 33.3 Å². The van der Waals surface area contributed by atoms with Crippen LogP contribution in [0.15, 0.2) is 53.1 Å². The predicted octanol–water partition coefficient (Wildman–Crippen LogP) is 3.94. The lowest BCUT2D eigenvalue weighted by molar-refractivity contribution is 0.253. The van der Waals surface area contributed by atoms with Crippen LogP contribution in [-0.2, 0) is 6.54 Å². The Balaban J connectivity index is 1.62. The van der Waals surface area contributed by atoms with Crippen molar-refractivity contribution >= 4 is 32.7 Å². The number of hydrogen-bond acceptors (Lipinski definition) is 5. The molecule has 3 aromatic rings. The summed E-state index contributed by atoms with van der Waals surface area (Å²) in [5.74, 6) is 1.50. The second-order valence-corrected chi connectivity index (χ2v) is 6.96. The minimum Gasteiger partial charge on any atom is -0.476 e. The summed E-state index contributed by atoms with van der Waals surface area (Å²) in [4.78, 5) is 11.0. The second kappa shape index (κ2) is 8.27. The third-order valence-corrected chi connectivity index (χ3v) is 4.21. The number of rotatable bonds is 7. The molecule has 25 heavy (non-hydrogen) atoms. The Morgan fingerprint density at radius 3 is 2.84 bits per heavy atom. The van der Waals surface area contributed by atoms with E-state index in [9.17, 15) is 0 Å². The molecule has 6 heteroatoms. The van der Waals surface area contributed by atoms with Gasteiger partial charge >= 0.3 is 0 Å². The SMILES string of the molecule is CN(C)CCOc1cc(CNc2ccc3cc(Br)ccc3n2)ccn1. The third-order valence-electron chi connectivity index (χ3n) is 3.71. The number of nitrogens with zero attached hydrogens (tertiary/aromatic N) is 3. The van der Waals surface area contributed by atoms with Gasteiger partial charge < -0.3 is 15.0 Å². The van der Waals surface area contributed by atoms with Gasteiger partial charge in [0.15, 0.2) is 0 Å². The summed E-state index contributed by atoms with van der Waals surface area (Å²) in [6.07, 6.45) is 1.77. The Hall–Kier alpha value is -2.18. The van der Waals surface area contributed by atoms with Gasteiger partial charge in [0, 0.05) is 35.2 Å². The fourth-order valence-corrected chi connectivity index (χ4v) is 2.74. The standard InChI is InChI=1S/C19H21BrN4O/c1-24(2)9-10-25-19-11-14(7-8-21-19)13-22-18-6-3-15-12-16(20)4-5-17(15)23-18/h3-8,11-12H,9-10,13H2,1-2H3,(H,22,23). The van der Waals surface area contributed by atoms with E-state index in [4.69, 9.17) is 4.74 Å².